The number of anilines is 1. The zero-order valence-electron chi connectivity index (χ0n) is 11.1. The number of benzene rings is 1. The van der Waals surface area contributed by atoms with Gasteiger partial charge in [0.25, 0.3) is 0 Å². The van der Waals surface area contributed by atoms with Crippen molar-refractivity contribution in [2.45, 2.75) is 51.5 Å². The third kappa shape index (κ3) is 2.63. The van der Waals surface area contributed by atoms with E-state index in [4.69, 9.17) is 0 Å². The van der Waals surface area contributed by atoms with E-state index in [0.717, 1.165) is 0 Å². The van der Waals surface area contributed by atoms with Crippen molar-refractivity contribution in [1.29, 1.82) is 0 Å². The molecule has 96 valence electrons. The lowest BCUT2D eigenvalue weighted by molar-refractivity contribution is 0.288. The van der Waals surface area contributed by atoms with Crippen LogP contribution in [0.2, 0.25) is 0 Å². The standard InChI is InChI=1S/C15H23N.H2O/c1-3-15(4-2)12-8-9-13-16(15)14-10-6-5-7-11-14;/h5-7,10-11H,3-4,8-9,12-13H2,1-2H3;1H2. The fourth-order valence-electron chi connectivity index (χ4n) is 3.09. The van der Waals surface area contributed by atoms with Crippen LogP contribution in [0.1, 0.15) is 46.0 Å². The molecule has 2 N–H and O–H groups in total. The second-order valence-corrected chi connectivity index (χ2v) is 4.88. The lowest BCUT2D eigenvalue weighted by atomic mass is 9.81. The van der Waals surface area contributed by atoms with Crippen molar-refractivity contribution in [3.63, 3.8) is 0 Å². The number of piperidine rings is 1. The molecule has 1 fully saturated rings. The Hall–Kier alpha value is -1.02. The van der Waals surface area contributed by atoms with Crippen molar-refractivity contribution in [2.75, 3.05) is 11.4 Å². The average molecular weight is 235 g/mol. The molecule has 0 amide bonds. The highest BCUT2D eigenvalue weighted by Crippen LogP contribution is 2.37. The lowest BCUT2D eigenvalue weighted by Gasteiger charge is -2.48. The number of hydrogen-bond acceptors (Lipinski definition) is 1. The van der Waals surface area contributed by atoms with Crippen molar-refractivity contribution < 1.29 is 5.48 Å². The maximum Gasteiger partial charge on any atom is 0.0397 e. The van der Waals surface area contributed by atoms with Gasteiger partial charge in [-0.3, -0.25) is 0 Å². The normalized spacial score (nSPS) is 18.6. The average Bonchev–Trinajstić information content (AvgIpc) is 2.39. The molecular formula is C15H25NO. The predicted molar refractivity (Wildman–Crippen MR) is 74.6 cm³/mol. The van der Waals surface area contributed by atoms with Crippen LogP contribution in [0.3, 0.4) is 0 Å². The Bertz CT molecular complexity index is 319. The summed E-state index contributed by atoms with van der Waals surface area (Å²) in [7, 11) is 0. The summed E-state index contributed by atoms with van der Waals surface area (Å²) < 4.78 is 0. The molecule has 1 heterocycles. The first-order valence-electron chi connectivity index (χ1n) is 6.65. The Labute approximate surface area is 105 Å². The Morgan fingerprint density at radius 2 is 1.71 bits per heavy atom. The Morgan fingerprint density at radius 1 is 1.06 bits per heavy atom. The van der Waals surface area contributed by atoms with Crippen LogP contribution < -0.4 is 4.90 Å². The van der Waals surface area contributed by atoms with Crippen molar-refractivity contribution >= 4 is 5.69 Å². The molecule has 0 aliphatic carbocycles. The second kappa shape index (κ2) is 6.06. The maximum absolute atomic E-state index is 2.65. The molecule has 0 aromatic heterocycles. The van der Waals surface area contributed by atoms with Crippen LogP contribution in [-0.2, 0) is 0 Å². The summed E-state index contributed by atoms with van der Waals surface area (Å²) >= 11 is 0. The molecular weight excluding hydrogens is 210 g/mol. The van der Waals surface area contributed by atoms with Gasteiger partial charge in [-0.05, 0) is 44.2 Å². The number of para-hydroxylation sites is 1. The molecule has 2 heteroatoms. The first-order chi connectivity index (χ1) is 7.82. The second-order valence-electron chi connectivity index (χ2n) is 4.88. The highest BCUT2D eigenvalue weighted by atomic mass is 16.0. The van der Waals surface area contributed by atoms with Crippen molar-refractivity contribution in [3.05, 3.63) is 30.3 Å². The summed E-state index contributed by atoms with van der Waals surface area (Å²) in [6.45, 7) is 5.90. The zero-order chi connectivity index (χ0) is 11.4. The van der Waals surface area contributed by atoms with Gasteiger partial charge in [0.2, 0.25) is 0 Å². The quantitative estimate of drug-likeness (QED) is 0.790. The van der Waals surface area contributed by atoms with Gasteiger partial charge < -0.3 is 10.4 Å². The van der Waals surface area contributed by atoms with Crippen LogP contribution in [0.5, 0.6) is 0 Å². The summed E-state index contributed by atoms with van der Waals surface area (Å²) in [5.41, 5.74) is 1.82. The maximum atomic E-state index is 2.65. The third-order valence-corrected chi connectivity index (χ3v) is 4.23. The van der Waals surface area contributed by atoms with Gasteiger partial charge in [0.1, 0.15) is 0 Å². The van der Waals surface area contributed by atoms with E-state index in [1.807, 2.05) is 0 Å². The topological polar surface area (TPSA) is 34.7 Å². The van der Waals surface area contributed by atoms with Crippen molar-refractivity contribution in [3.8, 4) is 0 Å². The molecule has 0 bridgehead atoms. The summed E-state index contributed by atoms with van der Waals surface area (Å²) in [4.78, 5) is 2.65. The van der Waals surface area contributed by atoms with Gasteiger partial charge in [-0.1, -0.05) is 32.0 Å². The van der Waals surface area contributed by atoms with E-state index < -0.39 is 0 Å². The molecule has 1 aliphatic rings. The first kappa shape index (κ1) is 14.0. The van der Waals surface area contributed by atoms with E-state index in [0.29, 0.717) is 5.54 Å². The Balaban J connectivity index is 0.00000144. The molecule has 0 radical (unpaired) electrons. The van der Waals surface area contributed by atoms with Crippen LogP contribution in [0.4, 0.5) is 5.69 Å². The summed E-state index contributed by atoms with van der Waals surface area (Å²) in [6.07, 6.45) is 6.62. The predicted octanol–water partition coefficient (Wildman–Crippen LogP) is 3.41. The third-order valence-electron chi connectivity index (χ3n) is 4.23. The lowest BCUT2D eigenvalue weighted by Crippen LogP contribution is -2.51. The van der Waals surface area contributed by atoms with Crippen molar-refractivity contribution in [1.82, 2.24) is 0 Å². The van der Waals surface area contributed by atoms with Gasteiger partial charge in [-0.25, -0.2) is 0 Å². The van der Waals surface area contributed by atoms with Crippen LogP contribution in [-0.4, -0.2) is 17.6 Å². The van der Waals surface area contributed by atoms with Gasteiger partial charge in [0.15, 0.2) is 0 Å². The summed E-state index contributed by atoms with van der Waals surface area (Å²) in [6, 6.07) is 10.9. The van der Waals surface area contributed by atoms with Crippen LogP contribution in [0.25, 0.3) is 0 Å². The number of rotatable bonds is 3. The van der Waals surface area contributed by atoms with E-state index in [-0.39, 0.29) is 5.48 Å². The van der Waals surface area contributed by atoms with Gasteiger partial charge in [-0.15, -0.1) is 0 Å². The minimum atomic E-state index is 0. The zero-order valence-corrected chi connectivity index (χ0v) is 11.1. The van der Waals surface area contributed by atoms with Crippen molar-refractivity contribution in [2.24, 2.45) is 0 Å². The van der Waals surface area contributed by atoms with E-state index in [1.165, 1.54) is 44.3 Å². The Morgan fingerprint density at radius 3 is 2.29 bits per heavy atom. The van der Waals surface area contributed by atoms with Gasteiger partial charge in [0.05, 0.1) is 0 Å². The smallest absolute Gasteiger partial charge is 0.0397 e. The molecule has 0 unspecified atom stereocenters. The van der Waals surface area contributed by atoms with E-state index in [9.17, 15) is 0 Å². The first-order valence-corrected chi connectivity index (χ1v) is 6.65. The minimum Gasteiger partial charge on any atom is -0.412 e. The van der Waals surface area contributed by atoms with E-state index in [1.54, 1.807) is 0 Å². The molecule has 0 atom stereocenters. The summed E-state index contributed by atoms with van der Waals surface area (Å²) in [5, 5.41) is 0. The highest BCUT2D eigenvalue weighted by Gasteiger charge is 2.35. The monoisotopic (exact) mass is 235 g/mol. The molecule has 0 saturated carbocycles. The molecule has 1 aromatic rings. The summed E-state index contributed by atoms with van der Waals surface area (Å²) in [5.74, 6) is 0. The molecule has 1 saturated heterocycles. The van der Waals surface area contributed by atoms with Gasteiger partial charge >= 0.3 is 0 Å². The van der Waals surface area contributed by atoms with Gasteiger partial charge in [0, 0.05) is 17.8 Å². The molecule has 17 heavy (non-hydrogen) atoms. The Kier molecular flexibility index (Phi) is 5.01. The fourth-order valence-corrected chi connectivity index (χ4v) is 3.09. The highest BCUT2D eigenvalue weighted by molar-refractivity contribution is 5.49. The van der Waals surface area contributed by atoms with Crippen LogP contribution in [0.15, 0.2) is 30.3 Å². The van der Waals surface area contributed by atoms with Crippen LogP contribution >= 0.6 is 0 Å². The molecule has 2 rings (SSSR count). The van der Waals surface area contributed by atoms with E-state index >= 15 is 0 Å². The minimum absolute atomic E-state index is 0. The molecule has 0 spiro atoms. The van der Waals surface area contributed by atoms with Gasteiger partial charge in [-0.2, -0.15) is 0 Å². The number of nitrogens with zero attached hydrogens (tertiary/aromatic N) is 1. The fraction of sp³-hybridized carbons (Fsp3) is 0.600. The van der Waals surface area contributed by atoms with Crippen LogP contribution in [0, 0.1) is 0 Å². The van der Waals surface area contributed by atoms with E-state index in [2.05, 4.69) is 49.1 Å². The SMILES string of the molecule is CCC1(CC)CCCCN1c1ccccc1.O. The largest absolute Gasteiger partial charge is 0.412 e. The molecule has 1 aliphatic heterocycles. The molecule has 2 nitrogen and oxygen atoms in total. The molecule has 1 aromatic carbocycles. The number of hydrogen-bond donors (Lipinski definition) is 0.